The Hall–Kier alpha value is -2.47. The van der Waals surface area contributed by atoms with Crippen LogP contribution in [0.3, 0.4) is 0 Å². The summed E-state index contributed by atoms with van der Waals surface area (Å²) in [6, 6.07) is 9.69. The van der Waals surface area contributed by atoms with Crippen LogP contribution >= 0.6 is 11.6 Å². The van der Waals surface area contributed by atoms with Crippen molar-refractivity contribution in [3.8, 4) is 5.75 Å². The minimum atomic E-state index is -5.23. The third kappa shape index (κ3) is 6.26. The number of nitrogens with one attached hydrogen (secondary N) is 1. The number of anilines is 1. The van der Waals surface area contributed by atoms with Gasteiger partial charge in [-0.15, -0.1) is 4.40 Å². The molecule has 0 radical (unpaired) electrons. The van der Waals surface area contributed by atoms with Crippen molar-refractivity contribution < 1.29 is 39.5 Å². The number of halogens is 7. The van der Waals surface area contributed by atoms with Crippen LogP contribution < -0.4 is 10.1 Å². The van der Waals surface area contributed by atoms with Gasteiger partial charge >= 0.3 is 12.3 Å². The van der Waals surface area contributed by atoms with Crippen molar-refractivity contribution in [3.05, 3.63) is 54.6 Å². The summed E-state index contributed by atoms with van der Waals surface area (Å²) in [5.41, 5.74) is -3.70. The molecule has 2 aromatic rings. The fourth-order valence-electron chi connectivity index (χ4n) is 1.89. The zero-order valence-corrected chi connectivity index (χ0v) is 15.6. The molecule has 0 bridgehead atoms. The lowest BCUT2D eigenvalue weighted by Gasteiger charge is -2.18. The Morgan fingerprint density at radius 2 is 1.66 bits per heavy atom. The minimum absolute atomic E-state index is 0.489. The monoisotopic (exact) mass is 460 g/mol. The van der Waals surface area contributed by atoms with Gasteiger partial charge in [0, 0.05) is 11.8 Å². The number of rotatable bonds is 6. The van der Waals surface area contributed by atoms with Gasteiger partial charge in [0.25, 0.3) is 15.7 Å². The number of hydrogen-bond donors (Lipinski definition) is 1. The first-order valence-electron chi connectivity index (χ1n) is 7.50. The first-order chi connectivity index (χ1) is 13.3. The number of nitrogens with zero attached hydrogens (tertiary/aromatic N) is 1. The van der Waals surface area contributed by atoms with Crippen molar-refractivity contribution in [1.82, 2.24) is 0 Å². The van der Waals surface area contributed by atoms with Crippen molar-refractivity contribution in [2.45, 2.75) is 22.8 Å². The summed E-state index contributed by atoms with van der Waals surface area (Å²) in [5, 5.41) is 1.69. The van der Waals surface area contributed by atoms with Gasteiger partial charge in [0.1, 0.15) is 5.75 Å². The van der Waals surface area contributed by atoms with Crippen LogP contribution in [0.2, 0.25) is 0 Å². The number of alkyl halides is 7. The Morgan fingerprint density at radius 1 is 1.03 bits per heavy atom. The van der Waals surface area contributed by atoms with E-state index in [2.05, 4.69) is 20.7 Å². The molecule has 0 heterocycles. The lowest BCUT2D eigenvalue weighted by Crippen LogP contribution is -2.33. The van der Waals surface area contributed by atoms with Crippen LogP contribution in [0.1, 0.15) is 0 Å². The van der Waals surface area contributed by atoms with E-state index in [0.717, 1.165) is 30.3 Å². The molecule has 0 spiro atoms. The summed E-state index contributed by atoms with van der Waals surface area (Å²) in [6.45, 7) is 0. The van der Waals surface area contributed by atoms with Crippen molar-refractivity contribution in [2.75, 3.05) is 5.32 Å². The van der Waals surface area contributed by atoms with Crippen LogP contribution in [0.15, 0.2) is 63.9 Å². The van der Waals surface area contributed by atoms with Crippen molar-refractivity contribution in [1.29, 1.82) is 0 Å². The molecule has 0 aliphatic rings. The maximum atomic E-state index is 13.3. The second-order valence-corrected chi connectivity index (χ2v) is 7.33. The number of benzene rings is 2. The largest absolute Gasteiger partial charge is 0.450 e. The Kier molecular flexibility index (Phi) is 6.68. The van der Waals surface area contributed by atoms with Crippen molar-refractivity contribution in [3.63, 3.8) is 0 Å². The van der Waals surface area contributed by atoms with E-state index in [-0.39, 0.29) is 0 Å². The van der Waals surface area contributed by atoms with E-state index in [9.17, 15) is 34.8 Å². The van der Waals surface area contributed by atoms with E-state index in [1.54, 1.807) is 5.32 Å². The molecule has 0 unspecified atom stereocenters. The molecular weight excluding hydrogens is 450 g/mol. The van der Waals surface area contributed by atoms with Gasteiger partial charge in [0.15, 0.2) is 0 Å². The summed E-state index contributed by atoms with van der Waals surface area (Å²) in [7, 11) is -4.73. The molecular formula is C16H11ClF6N2O3S. The third-order valence-electron chi connectivity index (χ3n) is 3.13. The normalized spacial score (nSPS) is 14.4. The molecule has 0 amide bonds. The predicted molar refractivity (Wildman–Crippen MR) is 93.5 cm³/mol. The van der Waals surface area contributed by atoms with E-state index >= 15 is 0 Å². The summed E-state index contributed by atoms with van der Waals surface area (Å²) in [4.78, 5) is -0.489. The van der Waals surface area contributed by atoms with E-state index in [1.165, 1.54) is 18.2 Å². The molecule has 1 atom stereocenters. The Bertz CT molecular complexity index is 982. The summed E-state index contributed by atoms with van der Waals surface area (Å²) < 4.78 is 110. The highest BCUT2D eigenvalue weighted by Gasteiger charge is 2.42. The summed E-state index contributed by atoms with van der Waals surface area (Å²) in [5.74, 6) is -2.65. The lowest BCUT2D eigenvalue weighted by atomic mass is 10.3. The average molecular weight is 461 g/mol. The van der Waals surface area contributed by atoms with Gasteiger partial charge < -0.3 is 10.1 Å². The molecule has 0 saturated heterocycles. The number of hydrogen-bond acceptors (Lipinski definition) is 3. The van der Waals surface area contributed by atoms with Crippen LogP contribution in [-0.4, -0.2) is 32.2 Å². The van der Waals surface area contributed by atoms with Gasteiger partial charge in [-0.3, -0.25) is 0 Å². The summed E-state index contributed by atoms with van der Waals surface area (Å²) >= 11 is 4.64. The molecule has 0 aliphatic heterocycles. The van der Waals surface area contributed by atoms with Crippen LogP contribution in [0.4, 0.5) is 32.0 Å². The topological polar surface area (TPSA) is 67.8 Å². The standard InChI is InChI=1S/C16H11ClF6N2O3S/c17-13(18)16(22,23)28-11-6-4-5-10(9-11)24-14(15(19,20)21)25-29(26,27)12-7-2-1-3-8-12/h1-9,13H,(H,24,25)/t13-/m1/s1. The zero-order valence-electron chi connectivity index (χ0n) is 14.0. The fourth-order valence-corrected chi connectivity index (χ4v) is 2.93. The van der Waals surface area contributed by atoms with Gasteiger partial charge in [0.05, 0.1) is 4.90 Å². The molecule has 5 nitrogen and oxygen atoms in total. The number of ether oxygens (including phenoxy) is 1. The van der Waals surface area contributed by atoms with E-state index in [1.807, 2.05) is 0 Å². The summed E-state index contributed by atoms with van der Waals surface area (Å²) in [6.07, 6.45) is -9.68. The molecule has 2 rings (SSSR count). The SMILES string of the molecule is O=S(=O)(N=C(Nc1cccc(OC(F)(F)[C@@H](F)Cl)c1)C(F)(F)F)c1ccccc1. The Labute approximate surface area is 166 Å². The first-order valence-corrected chi connectivity index (χ1v) is 9.38. The van der Waals surface area contributed by atoms with E-state index in [4.69, 9.17) is 0 Å². The van der Waals surface area contributed by atoms with Gasteiger partial charge in [0.2, 0.25) is 5.84 Å². The van der Waals surface area contributed by atoms with E-state index < -0.39 is 50.1 Å². The molecule has 13 heteroatoms. The van der Waals surface area contributed by atoms with Crippen LogP contribution in [0.25, 0.3) is 0 Å². The molecule has 29 heavy (non-hydrogen) atoms. The molecule has 1 N–H and O–H groups in total. The fraction of sp³-hybridized carbons (Fsp3) is 0.188. The highest BCUT2D eigenvalue weighted by molar-refractivity contribution is 7.90. The number of amidine groups is 1. The quantitative estimate of drug-likeness (QED) is 0.286. The smallest absolute Gasteiger partial charge is 0.429 e. The third-order valence-corrected chi connectivity index (χ3v) is 4.67. The second-order valence-electron chi connectivity index (χ2n) is 5.34. The van der Waals surface area contributed by atoms with Gasteiger partial charge in [-0.2, -0.15) is 30.4 Å². The highest BCUT2D eigenvalue weighted by Crippen LogP contribution is 2.30. The number of sulfonamides is 1. The first kappa shape index (κ1) is 22.8. The lowest BCUT2D eigenvalue weighted by molar-refractivity contribution is -0.199. The maximum Gasteiger partial charge on any atom is 0.450 e. The molecule has 0 aromatic heterocycles. The zero-order chi connectivity index (χ0) is 21.9. The van der Waals surface area contributed by atoms with Crippen molar-refractivity contribution >= 4 is 33.1 Å². The minimum Gasteiger partial charge on any atom is -0.429 e. The van der Waals surface area contributed by atoms with Crippen LogP contribution in [0.5, 0.6) is 5.75 Å². The Balaban J connectivity index is 2.36. The van der Waals surface area contributed by atoms with Crippen molar-refractivity contribution in [2.24, 2.45) is 4.40 Å². The molecule has 0 aliphatic carbocycles. The maximum absolute atomic E-state index is 13.3. The van der Waals surface area contributed by atoms with Crippen LogP contribution in [-0.2, 0) is 10.0 Å². The Morgan fingerprint density at radius 3 is 2.21 bits per heavy atom. The van der Waals surface area contributed by atoms with Gasteiger partial charge in [-0.1, -0.05) is 35.9 Å². The van der Waals surface area contributed by atoms with Gasteiger partial charge in [-0.25, -0.2) is 4.39 Å². The van der Waals surface area contributed by atoms with Gasteiger partial charge in [-0.05, 0) is 24.3 Å². The molecule has 0 saturated carbocycles. The molecule has 2 aromatic carbocycles. The predicted octanol–water partition coefficient (Wildman–Crippen LogP) is 4.95. The molecule has 158 valence electrons. The van der Waals surface area contributed by atoms with Crippen LogP contribution in [0, 0.1) is 0 Å². The van der Waals surface area contributed by atoms with E-state index in [0.29, 0.717) is 6.07 Å². The highest BCUT2D eigenvalue weighted by atomic mass is 35.5. The molecule has 0 fully saturated rings. The average Bonchev–Trinajstić information content (AvgIpc) is 2.61. The second kappa shape index (κ2) is 8.49.